The van der Waals surface area contributed by atoms with Crippen molar-refractivity contribution in [1.29, 1.82) is 0 Å². The summed E-state index contributed by atoms with van der Waals surface area (Å²) in [6.45, 7) is 3.70. The van der Waals surface area contributed by atoms with Gasteiger partial charge in [0.05, 0.1) is 11.1 Å². The van der Waals surface area contributed by atoms with Gasteiger partial charge in [0.15, 0.2) is 6.10 Å². The van der Waals surface area contributed by atoms with Gasteiger partial charge in [-0.1, -0.05) is 12.1 Å². The van der Waals surface area contributed by atoms with Gasteiger partial charge in [-0.15, -0.1) is 11.3 Å². The number of halogens is 1. The summed E-state index contributed by atoms with van der Waals surface area (Å²) in [5.41, 5.74) is 0.349. The lowest BCUT2D eigenvalue weighted by Crippen LogP contribution is -2.30. The molecule has 1 atom stereocenters. The van der Waals surface area contributed by atoms with Gasteiger partial charge in [-0.25, -0.2) is 14.2 Å². The van der Waals surface area contributed by atoms with Crippen LogP contribution in [0.25, 0.3) is 10.2 Å². The molecule has 3 heterocycles. The van der Waals surface area contributed by atoms with Crippen LogP contribution in [0.2, 0.25) is 0 Å². The van der Waals surface area contributed by atoms with Crippen LogP contribution in [0.3, 0.4) is 0 Å². The lowest BCUT2D eigenvalue weighted by atomic mass is 10.2. The van der Waals surface area contributed by atoms with Crippen LogP contribution in [-0.4, -0.2) is 27.5 Å². The van der Waals surface area contributed by atoms with Crippen molar-refractivity contribution in [3.05, 3.63) is 56.7 Å². The van der Waals surface area contributed by atoms with Gasteiger partial charge in [-0.3, -0.25) is 14.2 Å². The summed E-state index contributed by atoms with van der Waals surface area (Å²) in [4.78, 5) is 42.9. The molecule has 0 saturated heterocycles. The second-order valence-corrected chi connectivity index (χ2v) is 7.84. The number of aromatic nitrogens is 2. The SMILES string of the molecule is Cc1c(C(=O)O[C@@H](C)C(=O)Nc2ccccc2F)sc2nc3n(c(=O)c12)CCC3. The molecule has 2 aromatic heterocycles. The summed E-state index contributed by atoms with van der Waals surface area (Å²) >= 11 is 1.08. The molecule has 150 valence electrons. The van der Waals surface area contributed by atoms with E-state index in [9.17, 15) is 18.8 Å². The minimum atomic E-state index is -1.15. The van der Waals surface area contributed by atoms with Crippen LogP contribution in [-0.2, 0) is 22.5 Å². The molecule has 1 N–H and O–H groups in total. The number of hydrogen-bond donors (Lipinski definition) is 1. The number of esters is 1. The van der Waals surface area contributed by atoms with E-state index in [1.54, 1.807) is 17.6 Å². The molecule has 0 bridgehead atoms. The summed E-state index contributed by atoms with van der Waals surface area (Å²) in [6, 6.07) is 5.72. The number of carbonyl (C=O) groups is 2. The van der Waals surface area contributed by atoms with E-state index in [4.69, 9.17) is 4.74 Å². The van der Waals surface area contributed by atoms with Crippen molar-refractivity contribution in [3.8, 4) is 0 Å². The largest absolute Gasteiger partial charge is 0.448 e. The smallest absolute Gasteiger partial charge is 0.349 e. The van der Waals surface area contributed by atoms with E-state index in [0.717, 1.165) is 30.0 Å². The van der Waals surface area contributed by atoms with Crippen molar-refractivity contribution in [2.45, 2.75) is 39.3 Å². The number of aryl methyl sites for hydroxylation is 2. The van der Waals surface area contributed by atoms with Crippen molar-refractivity contribution in [1.82, 2.24) is 9.55 Å². The van der Waals surface area contributed by atoms with E-state index in [1.165, 1.54) is 25.1 Å². The topological polar surface area (TPSA) is 90.3 Å². The Labute approximate surface area is 169 Å². The molecule has 0 radical (unpaired) electrons. The van der Waals surface area contributed by atoms with Gasteiger partial charge in [0, 0.05) is 13.0 Å². The average molecular weight is 415 g/mol. The van der Waals surface area contributed by atoms with Crippen molar-refractivity contribution in [2.24, 2.45) is 0 Å². The summed E-state index contributed by atoms with van der Waals surface area (Å²) in [7, 11) is 0. The number of ether oxygens (including phenoxy) is 1. The highest BCUT2D eigenvalue weighted by molar-refractivity contribution is 7.20. The molecular weight excluding hydrogens is 397 g/mol. The van der Waals surface area contributed by atoms with Crippen LogP contribution in [0.15, 0.2) is 29.1 Å². The summed E-state index contributed by atoms with van der Waals surface area (Å²) < 4.78 is 20.6. The van der Waals surface area contributed by atoms with Gasteiger partial charge in [0.1, 0.15) is 21.3 Å². The third-order valence-electron chi connectivity index (χ3n) is 4.88. The molecule has 29 heavy (non-hydrogen) atoms. The third kappa shape index (κ3) is 3.42. The minimum Gasteiger partial charge on any atom is -0.448 e. The Bertz CT molecular complexity index is 1200. The van der Waals surface area contributed by atoms with E-state index in [2.05, 4.69) is 10.3 Å². The first-order valence-corrected chi connectivity index (χ1v) is 9.97. The van der Waals surface area contributed by atoms with Crippen LogP contribution in [0.5, 0.6) is 0 Å². The van der Waals surface area contributed by atoms with Crippen LogP contribution in [0.4, 0.5) is 10.1 Å². The summed E-state index contributed by atoms with van der Waals surface area (Å²) in [5, 5.41) is 2.81. The van der Waals surface area contributed by atoms with Crippen molar-refractivity contribution < 1.29 is 18.7 Å². The van der Waals surface area contributed by atoms with Gasteiger partial charge in [-0.2, -0.15) is 0 Å². The van der Waals surface area contributed by atoms with Gasteiger partial charge in [0.25, 0.3) is 11.5 Å². The number of fused-ring (bicyclic) bond motifs is 2. The van der Waals surface area contributed by atoms with Gasteiger partial charge < -0.3 is 10.1 Å². The maximum absolute atomic E-state index is 13.7. The fraction of sp³-hybridized carbons (Fsp3) is 0.300. The second-order valence-electron chi connectivity index (χ2n) is 6.84. The molecule has 0 aliphatic carbocycles. The maximum atomic E-state index is 13.7. The normalized spacial score (nSPS) is 13.9. The first-order chi connectivity index (χ1) is 13.9. The van der Waals surface area contributed by atoms with Gasteiger partial charge >= 0.3 is 5.97 Å². The fourth-order valence-corrected chi connectivity index (χ4v) is 4.41. The first-order valence-electron chi connectivity index (χ1n) is 9.16. The number of para-hydroxylation sites is 1. The average Bonchev–Trinajstić information content (AvgIpc) is 3.28. The molecular formula is C20H18FN3O4S. The van der Waals surface area contributed by atoms with Gasteiger partial charge in [-0.05, 0) is 38.0 Å². The van der Waals surface area contributed by atoms with Crippen molar-refractivity contribution >= 4 is 39.1 Å². The highest BCUT2D eigenvalue weighted by atomic mass is 32.1. The standard InChI is InChI=1S/C20H18FN3O4S/c1-10-15-18(23-14-8-5-9-24(14)19(15)26)29-16(10)20(27)28-11(2)17(25)22-13-7-4-3-6-12(13)21/h3-4,6-7,11H,5,8-9H2,1-2H3,(H,22,25)/t11-/m0/s1. The molecule has 1 aromatic carbocycles. The molecule has 4 rings (SSSR count). The predicted octanol–water partition coefficient (Wildman–Crippen LogP) is 3.04. The number of hydrogen-bond acceptors (Lipinski definition) is 6. The number of amides is 1. The highest BCUT2D eigenvalue weighted by Crippen LogP contribution is 2.29. The number of rotatable bonds is 4. The Morgan fingerprint density at radius 2 is 2.10 bits per heavy atom. The Balaban J connectivity index is 1.55. The molecule has 9 heteroatoms. The number of nitrogens with zero attached hydrogens (tertiary/aromatic N) is 2. The molecule has 7 nitrogen and oxygen atoms in total. The van der Waals surface area contributed by atoms with E-state index in [1.807, 2.05) is 0 Å². The van der Waals surface area contributed by atoms with Crippen molar-refractivity contribution in [2.75, 3.05) is 5.32 Å². The second kappa shape index (κ2) is 7.40. The molecule has 1 amide bonds. The summed E-state index contributed by atoms with van der Waals surface area (Å²) in [6.07, 6.45) is 0.461. The monoisotopic (exact) mass is 415 g/mol. The zero-order valence-electron chi connectivity index (χ0n) is 15.8. The molecule has 3 aromatic rings. The number of nitrogens with one attached hydrogen (secondary N) is 1. The van der Waals surface area contributed by atoms with Crippen LogP contribution in [0, 0.1) is 12.7 Å². The molecule has 0 spiro atoms. The lowest BCUT2D eigenvalue weighted by molar-refractivity contribution is -0.123. The number of thiophene rings is 1. The molecule has 0 unspecified atom stereocenters. The van der Waals surface area contributed by atoms with E-state index < -0.39 is 23.8 Å². The Morgan fingerprint density at radius 1 is 1.34 bits per heavy atom. The van der Waals surface area contributed by atoms with Crippen LogP contribution in [0.1, 0.15) is 34.4 Å². The summed E-state index contributed by atoms with van der Waals surface area (Å²) in [5.74, 6) is -1.23. The minimum absolute atomic E-state index is 0.00480. The Kier molecular flexibility index (Phi) is 4.91. The number of carbonyl (C=O) groups excluding carboxylic acids is 2. The highest BCUT2D eigenvalue weighted by Gasteiger charge is 2.26. The quantitative estimate of drug-likeness (QED) is 0.662. The zero-order chi connectivity index (χ0) is 20.7. The number of benzene rings is 1. The van der Waals surface area contributed by atoms with E-state index in [-0.39, 0.29) is 16.1 Å². The zero-order valence-corrected chi connectivity index (χ0v) is 16.6. The van der Waals surface area contributed by atoms with Crippen molar-refractivity contribution in [3.63, 3.8) is 0 Å². The maximum Gasteiger partial charge on any atom is 0.349 e. The lowest BCUT2D eigenvalue weighted by Gasteiger charge is -2.13. The molecule has 1 aliphatic rings. The first kappa shape index (κ1) is 19.3. The van der Waals surface area contributed by atoms with E-state index in [0.29, 0.717) is 22.3 Å². The third-order valence-corrected chi connectivity index (χ3v) is 6.05. The molecule has 0 fully saturated rings. The predicted molar refractivity (Wildman–Crippen MR) is 107 cm³/mol. The van der Waals surface area contributed by atoms with Crippen LogP contribution >= 0.6 is 11.3 Å². The number of anilines is 1. The van der Waals surface area contributed by atoms with Crippen LogP contribution < -0.4 is 10.9 Å². The van der Waals surface area contributed by atoms with E-state index >= 15 is 0 Å². The Hall–Kier alpha value is -3.07. The molecule has 1 aliphatic heterocycles. The molecule has 0 saturated carbocycles. The van der Waals surface area contributed by atoms with Gasteiger partial charge in [0.2, 0.25) is 0 Å². The Morgan fingerprint density at radius 3 is 2.86 bits per heavy atom. The fourth-order valence-electron chi connectivity index (χ4n) is 3.33.